The Morgan fingerprint density at radius 3 is 2.85 bits per heavy atom. The highest BCUT2D eigenvalue weighted by molar-refractivity contribution is 7.99. The summed E-state index contributed by atoms with van der Waals surface area (Å²) in [4.78, 5) is 10.9. The van der Waals surface area contributed by atoms with Crippen LogP contribution >= 0.6 is 11.8 Å². The lowest BCUT2D eigenvalue weighted by molar-refractivity contribution is -0.385. The zero-order valence-corrected chi connectivity index (χ0v) is 13.0. The number of thioether (sulfide) groups is 1. The van der Waals surface area contributed by atoms with E-state index in [0.717, 1.165) is 12.8 Å². The monoisotopic (exact) mass is 298 g/mol. The summed E-state index contributed by atoms with van der Waals surface area (Å²) in [7, 11) is 0. The number of hydrogen-bond donors (Lipinski definition) is 1. The molecule has 1 rings (SSSR count). The van der Waals surface area contributed by atoms with E-state index in [2.05, 4.69) is 18.5 Å². The smallest absolute Gasteiger partial charge is 0.333 e. The third-order valence-electron chi connectivity index (χ3n) is 2.91. The van der Waals surface area contributed by atoms with Gasteiger partial charge in [0.05, 0.1) is 11.5 Å². The quantitative estimate of drug-likeness (QED) is 0.552. The average molecular weight is 298 g/mol. The molecule has 0 bridgehead atoms. The predicted molar refractivity (Wildman–Crippen MR) is 85.0 cm³/mol. The van der Waals surface area contributed by atoms with Gasteiger partial charge in [0.15, 0.2) is 5.75 Å². The lowest BCUT2D eigenvalue weighted by Crippen LogP contribution is -2.10. The molecule has 0 aliphatic carbocycles. The van der Waals surface area contributed by atoms with Gasteiger partial charge in [0.1, 0.15) is 5.69 Å². The highest BCUT2D eigenvalue weighted by Gasteiger charge is 2.20. The van der Waals surface area contributed by atoms with Gasteiger partial charge in [0.2, 0.25) is 0 Å². The zero-order valence-electron chi connectivity index (χ0n) is 12.2. The molecule has 0 spiro atoms. The summed E-state index contributed by atoms with van der Waals surface area (Å²) >= 11 is 1.79. The van der Waals surface area contributed by atoms with Gasteiger partial charge in [-0.25, -0.2) is 0 Å². The minimum atomic E-state index is -0.384. The molecular weight excluding hydrogens is 276 g/mol. The van der Waals surface area contributed by atoms with Crippen molar-refractivity contribution in [3.05, 3.63) is 28.3 Å². The number of hydrogen-bond acceptors (Lipinski definition) is 5. The third-order valence-corrected chi connectivity index (χ3v) is 3.95. The SMILES string of the molecule is CCCOc1cccc(NCCC(C)SC)c1[N+](=O)[O-]. The molecule has 0 saturated carbocycles. The Labute approximate surface area is 124 Å². The predicted octanol–water partition coefficient (Wildman–Crippen LogP) is 3.94. The Balaban J connectivity index is 2.81. The molecule has 1 atom stereocenters. The molecule has 0 heterocycles. The van der Waals surface area contributed by atoms with Gasteiger partial charge >= 0.3 is 5.69 Å². The van der Waals surface area contributed by atoms with Crippen molar-refractivity contribution in [1.29, 1.82) is 0 Å². The molecule has 0 radical (unpaired) electrons. The number of rotatable bonds is 9. The summed E-state index contributed by atoms with van der Waals surface area (Å²) < 4.78 is 5.45. The maximum absolute atomic E-state index is 11.2. The Hall–Kier alpha value is -1.43. The first-order valence-electron chi connectivity index (χ1n) is 6.77. The highest BCUT2D eigenvalue weighted by Crippen LogP contribution is 2.34. The van der Waals surface area contributed by atoms with Gasteiger partial charge in [-0.3, -0.25) is 10.1 Å². The van der Waals surface area contributed by atoms with Crippen molar-refractivity contribution >= 4 is 23.1 Å². The second-order valence-corrected chi connectivity index (χ2v) is 5.80. The average Bonchev–Trinajstić information content (AvgIpc) is 2.44. The van der Waals surface area contributed by atoms with Gasteiger partial charge in [0, 0.05) is 11.8 Å². The molecule has 5 nitrogen and oxygen atoms in total. The number of anilines is 1. The number of nitro benzene ring substituents is 1. The van der Waals surface area contributed by atoms with Crippen LogP contribution in [0.2, 0.25) is 0 Å². The number of benzene rings is 1. The summed E-state index contributed by atoms with van der Waals surface area (Å²) in [6, 6.07) is 5.14. The molecule has 112 valence electrons. The lowest BCUT2D eigenvalue weighted by Gasteiger charge is -2.12. The molecule has 20 heavy (non-hydrogen) atoms. The summed E-state index contributed by atoms with van der Waals surface area (Å²) in [6.45, 7) is 5.30. The van der Waals surface area contributed by atoms with Gasteiger partial charge in [0.25, 0.3) is 0 Å². The summed E-state index contributed by atoms with van der Waals surface area (Å²) in [5.41, 5.74) is 0.551. The third kappa shape index (κ3) is 4.92. The van der Waals surface area contributed by atoms with Crippen molar-refractivity contribution in [2.75, 3.05) is 24.7 Å². The largest absolute Gasteiger partial charge is 0.487 e. The van der Waals surface area contributed by atoms with E-state index in [1.165, 1.54) is 0 Å². The highest BCUT2D eigenvalue weighted by atomic mass is 32.2. The Morgan fingerprint density at radius 1 is 1.50 bits per heavy atom. The van der Waals surface area contributed by atoms with Crippen LogP contribution in [0, 0.1) is 10.1 Å². The van der Waals surface area contributed by atoms with Crippen LogP contribution in [0.25, 0.3) is 0 Å². The second-order valence-electron chi connectivity index (χ2n) is 4.52. The van der Waals surface area contributed by atoms with Crippen LogP contribution in [0.15, 0.2) is 18.2 Å². The second kappa shape index (κ2) is 8.68. The first kappa shape index (κ1) is 16.6. The first-order valence-corrected chi connectivity index (χ1v) is 8.05. The van der Waals surface area contributed by atoms with Crippen molar-refractivity contribution in [3.8, 4) is 5.75 Å². The number of para-hydroxylation sites is 1. The molecule has 1 N–H and O–H groups in total. The molecule has 6 heteroatoms. The molecule has 1 aromatic rings. The zero-order chi connectivity index (χ0) is 15.0. The molecule has 0 fully saturated rings. The molecule has 0 aliphatic heterocycles. The normalized spacial score (nSPS) is 11.9. The van der Waals surface area contributed by atoms with Crippen molar-refractivity contribution in [1.82, 2.24) is 0 Å². The van der Waals surface area contributed by atoms with Gasteiger partial charge in [-0.05, 0) is 31.2 Å². The van der Waals surface area contributed by atoms with Crippen LogP contribution in [0.3, 0.4) is 0 Å². The van der Waals surface area contributed by atoms with E-state index >= 15 is 0 Å². The number of nitro groups is 1. The van der Waals surface area contributed by atoms with Crippen molar-refractivity contribution in [3.63, 3.8) is 0 Å². The molecule has 0 aromatic heterocycles. The standard InChI is InChI=1S/C14H22N2O3S/c1-4-10-19-13-7-5-6-12(14(13)16(17)18)15-9-8-11(2)20-3/h5-7,11,15H,4,8-10H2,1-3H3. The molecule has 1 aromatic carbocycles. The number of nitrogens with one attached hydrogen (secondary N) is 1. The van der Waals surface area contributed by atoms with Crippen LogP contribution in [0.5, 0.6) is 5.75 Å². The van der Waals surface area contributed by atoms with Gasteiger partial charge < -0.3 is 10.1 Å². The van der Waals surface area contributed by atoms with Crippen molar-refractivity contribution < 1.29 is 9.66 Å². The topological polar surface area (TPSA) is 64.4 Å². The maximum atomic E-state index is 11.2. The van der Waals surface area contributed by atoms with Gasteiger partial charge in [-0.1, -0.05) is 19.9 Å². The van der Waals surface area contributed by atoms with Crippen molar-refractivity contribution in [2.45, 2.75) is 31.9 Å². The van der Waals surface area contributed by atoms with Crippen LogP contribution in [-0.2, 0) is 0 Å². The Kier molecular flexibility index (Phi) is 7.22. The van der Waals surface area contributed by atoms with Crippen LogP contribution in [0.4, 0.5) is 11.4 Å². The van der Waals surface area contributed by atoms with Crippen molar-refractivity contribution in [2.24, 2.45) is 0 Å². The van der Waals surface area contributed by atoms with E-state index in [9.17, 15) is 10.1 Å². The van der Waals surface area contributed by atoms with Gasteiger partial charge in [-0.15, -0.1) is 0 Å². The minimum Gasteiger partial charge on any atom is -0.487 e. The summed E-state index contributed by atoms with van der Waals surface area (Å²) in [6.07, 6.45) is 3.84. The number of ether oxygens (including phenoxy) is 1. The molecule has 1 unspecified atom stereocenters. The van der Waals surface area contributed by atoms with Crippen LogP contribution < -0.4 is 10.1 Å². The fourth-order valence-corrected chi connectivity index (χ4v) is 2.06. The summed E-state index contributed by atoms with van der Waals surface area (Å²) in [5, 5.41) is 14.9. The van der Waals surface area contributed by atoms with E-state index < -0.39 is 0 Å². The van der Waals surface area contributed by atoms with E-state index in [1.54, 1.807) is 30.0 Å². The maximum Gasteiger partial charge on any atom is 0.333 e. The van der Waals surface area contributed by atoms with Crippen LogP contribution in [-0.4, -0.2) is 29.6 Å². The van der Waals surface area contributed by atoms with Crippen LogP contribution in [0.1, 0.15) is 26.7 Å². The number of nitrogens with zero attached hydrogens (tertiary/aromatic N) is 1. The lowest BCUT2D eigenvalue weighted by atomic mass is 10.2. The van der Waals surface area contributed by atoms with E-state index in [4.69, 9.17) is 4.74 Å². The first-order chi connectivity index (χ1) is 9.60. The fourth-order valence-electron chi connectivity index (χ4n) is 1.71. The fraction of sp³-hybridized carbons (Fsp3) is 0.571. The van der Waals surface area contributed by atoms with E-state index in [1.807, 2.05) is 6.92 Å². The van der Waals surface area contributed by atoms with E-state index in [0.29, 0.717) is 29.8 Å². The minimum absolute atomic E-state index is 0.0257. The summed E-state index contributed by atoms with van der Waals surface area (Å²) in [5.74, 6) is 0.333. The van der Waals surface area contributed by atoms with Gasteiger partial charge in [-0.2, -0.15) is 11.8 Å². The molecule has 0 aliphatic rings. The molecule has 0 saturated heterocycles. The Morgan fingerprint density at radius 2 is 2.25 bits per heavy atom. The van der Waals surface area contributed by atoms with E-state index in [-0.39, 0.29) is 10.6 Å². The molecule has 0 amide bonds. The Bertz CT molecular complexity index is 440. The molecular formula is C14H22N2O3S.